The third-order valence-corrected chi connectivity index (χ3v) is 4.77. The standard InChI is InChI=1S/C19H20F2INO3/c20-14-7-12(2-1-3-16(25)10-24)18(19(23)26)13(8-14)6-11-4-5-15(22)9-17(11)21/h4-5,7-9,16,24-25H,1-3,6,10H2,(H2,23,26)/t16-/m1/s1. The van der Waals surface area contributed by atoms with Crippen molar-refractivity contribution in [3.05, 3.63) is 67.8 Å². The van der Waals surface area contributed by atoms with Gasteiger partial charge in [-0.15, -0.1) is 0 Å². The zero-order chi connectivity index (χ0) is 19.3. The van der Waals surface area contributed by atoms with E-state index in [0.29, 0.717) is 36.0 Å². The number of hydrogen-bond acceptors (Lipinski definition) is 3. The summed E-state index contributed by atoms with van der Waals surface area (Å²) in [7, 11) is 0. The van der Waals surface area contributed by atoms with Crippen molar-refractivity contribution < 1.29 is 23.8 Å². The zero-order valence-electron chi connectivity index (χ0n) is 14.0. The highest BCUT2D eigenvalue weighted by atomic mass is 127. The number of rotatable bonds is 8. The molecular formula is C19H20F2INO3. The van der Waals surface area contributed by atoms with Gasteiger partial charge in [0.1, 0.15) is 11.6 Å². The molecule has 0 aromatic heterocycles. The van der Waals surface area contributed by atoms with E-state index in [9.17, 15) is 18.7 Å². The van der Waals surface area contributed by atoms with Crippen LogP contribution in [0.4, 0.5) is 8.78 Å². The molecule has 2 aromatic carbocycles. The molecule has 140 valence electrons. The Bertz CT molecular complexity index is 799. The maximum atomic E-state index is 14.1. The minimum atomic E-state index is -0.860. The van der Waals surface area contributed by atoms with Crippen LogP contribution in [0.2, 0.25) is 0 Å². The molecular weight excluding hydrogens is 455 g/mol. The molecule has 2 rings (SSSR count). The van der Waals surface area contributed by atoms with Gasteiger partial charge >= 0.3 is 0 Å². The lowest BCUT2D eigenvalue weighted by atomic mass is 9.92. The van der Waals surface area contributed by atoms with Crippen LogP contribution in [0.5, 0.6) is 0 Å². The monoisotopic (exact) mass is 475 g/mol. The van der Waals surface area contributed by atoms with Crippen LogP contribution in [0.1, 0.15) is 39.9 Å². The second-order valence-corrected chi connectivity index (χ2v) is 7.35. The Hall–Kier alpha value is -1.58. The predicted molar refractivity (Wildman–Crippen MR) is 103 cm³/mol. The zero-order valence-corrected chi connectivity index (χ0v) is 16.2. The molecule has 0 saturated heterocycles. The van der Waals surface area contributed by atoms with Crippen LogP contribution in [-0.4, -0.2) is 28.8 Å². The number of carbonyl (C=O) groups is 1. The van der Waals surface area contributed by atoms with E-state index in [2.05, 4.69) is 0 Å². The van der Waals surface area contributed by atoms with Crippen molar-refractivity contribution in [2.75, 3.05) is 6.61 Å². The molecule has 0 aliphatic rings. The number of hydrogen-bond donors (Lipinski definition) is 3. The first-order valence-electron chi connectivity index (χ1n) is 8.15. The minimum Gasteiger partial charge on any atom is -0.394 e. The quantitative estimate of drug-likeness (QED) is 0.514. The van der Waals surface area contributed by atoms with Crippen LogP contribution in [-0.2, 0) is 12.8 Å². The van der Waals surface area contributed by atoms with Crippen molar-refractivity contribution in [2.45, 2.75) is 31.8 Å². The van der Waals surface area contributed by atoms with Gasteiger partial charge in [-0.2, -0.15) is 0 Å². The fourth-order valence-electron chi connectivity index (χ4n) is 2.87. The molecule has 0 heterocycles. The number of carbonyl (C=O) groups excluding carboxylic acids is 1. The summed E-state index contributed by atoms with van der Waals surface area (Å²) >= 11 is 1.99. The van der Waals surface area contributed by atoms with Gasteiger partial charge < -0.3 is 15.9 Å². The summed E-state index contributed by atoms with van der Waals surface area (Å²) in [6, 6.07) is 7.14. The number of nitrogens with two attached hydrogens (primary N) is 1. The normalized spacial score (nSPS) is 12.2. The van der Waals surface area contributed by atoms with Crippen LogP contribution in [0, 0.1) is 15.2 Å². The molecule has 4 nitrogen and oxygen atoms in total. The SMILES string of the molecule is NC(=O)c1c(CCC[C@@H](O)CO)cc(F)cc1Cc1ccc(I)cc1F. The van der Waals surface area contributed by atoms with Crippen LogP contribution in [0.25, 0.3) is 0 Å². The number of aliphatic hydroxyl groups excluding tert-OH is 2. The molecule has 0 spiro atoms. The van der Waals surface area contributed by atoms with Crippen LogP contribution < -0.4 is 5.73 Å². The first-order valence-corrected chi connectivity index (χ1v) is 9.23. The van der Waals surface area contributed by atoms with E-state index in [1.807, 2.05) is 22.6 Å². The largest absolute Gasteiger partial charge is 0.394 e. The van der Waals surface area contributed by atoms with Crippen LogP contribution in [0.15, 0.2) is 30.3 Å². The highest BCUT2D eigenvalue weighted by Crippen LogP contribution is 2.24. The number of aryl methyl sites for hydroxylation is 1. The van der Waals surface area contributed by atoms with E-state index >= 15 is 0 Å². The summed E-state index contributed by atoms with van der Waals surface area (Å²) in [6.45, 7) is -0.358. The van der Waals surface area contributed by atoms with Gasteiger partial charge in [0.2, 0.25) is 5.91 Å². The molecule has 1 amide bonds. The molecule has 26 heavy (non-hydrogen) atoms. The summed E-state index contributed by atoms with van der Waals surface area (Å²) in [6.07, 6.45) is 0.260. The molecule has 0 aliphatic carbocycles. The van der Waals surface area contributed by atoms with Gasteiger partial charge in [-0.1, -0.05) is 6.07 Å². The minimum absolute atomic E-state index is 0.0467. The van der Waals surface area contributed by atoms with Crippen molar-refractivity contribution in [1.82, 2.24) is 0 Å². The number of aliphatic hydroxyl groups is 2. The molecule has 0 fully saturated rings. The molecule has 2 aromatic rings. The molecule has 1 atom stereocenters. The van der Waals surface area contributed by atoms with E-state index in [0.717, 1.165) is 3.57 Å². The van der Waals surface area contributed by atoms with Crippen LogP contribution >= 0.6 is 22.6 Å². The molecule has 7 heteroatoms. The molecule has 4 N–H and O–H groups in total. The first-order chi connectivity index (χ1) is 12.3. The molecule has 0 saturated carbocycles. The Morgan fingerprint density at radius 3 is 2.46 bits per heavy atom. The van der Waals surface area contributed by atoms with Crippen LogP contribution in [0.3, 0.4) is 0 Å². The maximum absolute atomic E-state index is 14.1. The highest BCUT2D eigenvalue weighted by molar-refractivity contribution is 14.1. The van der Waals surface area contributed by atoms with Gasteiger partial charge in [0.15, 0.2) is 0 Å². The van der Waals surface area contributed by atoms with Gasteiger partial charge in [-0.25, -0.2) is 8.78 Å². The number of primary amides is 1. The van der Waals surface area contributed by atoms with E-state index in [1.54, 1.807) is 12.1 Å². The third-order valence-electron chi connectivity index (χ3n) is 4.10. The smallest absolute Gasteiger partial charge is 0.249 e. The van der Waals surface area contributed by atoms with Crippen molar-refractivity contribution in [3.63, 3.8) is 0 Å². The summed E-state index contributed by atoms with van der Waals surface area (Å²) in [5.74, 6) is -1.67. The lowest BCUT2D eigenvalue weighted by Gasteiger charge is -2.14. The highest BCUT2D eigenvalue weighted by Gasteiger charge is 2.18. The maximum Gasteiger partial charge on any atom is 0.249 e. The Morgan fingerprint density at radius 1 is 1.15 bits per heavy atom. The average Bonchev–Trinajstić information content (AvgIpc) is 2.56. The first kappa shape index (κ1) is 20.7. The average molecular weight is 475 g/mol. The van der Waals surface area contributed by atoms with Gasteiger partial charge in [-0.3, -0.25) is 4.79 Å². The van der Waals surface area contributed by atoms with Gasteiger partial charge in [-0.05, 0) is 82.8 Å². The fraction of sp³-hybridized carbons (Fsp3) is 0.316. The second kappa shape index (κ2) is 9.38. The Balaban J connectivity index is 2.34. The Morgan fingerprint density at radius 2 is 1.85 bits per heavy atom. The summed E-state index contributed by atoms with van der Waals surface area (Å²) in [4.78, 5) is 12.0. The van der Waals surface area contributed by atoms with Crippen molar-refractivity contribution in [2.24, 2.45) is 5.73 Å². The van der Waals surface area contributed by atoms with Gasteiger partial charge in [0, 0.05) is 15.6 Å². The number of amides is 1. The van der Waals surface area contributed by atoms with Crippen molar-refractivity contribution in [3.8, 4) is 0 Å². The Kier molecular flexibility index (Phi) is 7.48. The molecule has 0 aliphatic heterocycles. The number of benzene rings is 2. The fourth-order valence-corrected chi connectivity index (χ4v) is 3.32. The molecule has 0 bridgehead atoms. The summed E-state index contributed by atoms with van der Waals surface area (Å²) < 4.78 is 28.9. The van der Waals surface area contributed by atoms with Gasteiger partial charge in [0.05, 0.1) is 12.7 Å². The third kappa shape index (κ3) is 5.46. The lowest BCUT2D eigenvalue weighted by Crippen LogP contribution is -2.18. The van der Waals surface area contributed by atoms with E-state index in [-0.39, 0.29) is 18.6 Å². The second-order valence-electron chi connectivity index (χ2n) is 6.10. The van der Waals surface area contributed by atoms with Crippen molar-refractivity contribution >= 4 is 28.5 Å². The van der Waals surface area contributed by atoms with Crippen molar-refractivity contribution in [1.29, 1.82) is 0 Å². The van der Waals surface area contributed by atoms with E-state index in [4.69, 9.17) is 10.8 Å². The summed E-state index contributed by atoms with van der Waals surface area (Å²) in [5, 5.41) is 18.3. The van der Waals surface area contributed by atoms with Gasteiger partial charge in [0.25, 0.3) is 0 Å². The molecule has 0 radical (unpaired) electrons. The Labute approximate surface area is 164 Å². The molecule has 0 unspecified atom stereocenters. The topological polar surface area (TPSA) is 83.6 Å². The lowest BCUT2D eigenvalue weighted by molar-refractivity contribution is 0.0867. The van der Waals surface area contributed by atoms with E-state index in [1.165, 1.54) is 18.2 Å². The summed E-state index contributed by atoms with van der Waals surface area (Å²) in [5.41, 5.74) is 6.77. The van der Waals surface area contributed by atoms with E-state index < -0.39 is 23.6 Å². The number of halogens is 3. The predicted octanol–water partition coefficient (Wildman–Crippen LogP) is 2.94.